The Labute approximate surface area is 249 Å². The van der Waals surface area contributed by atoms with Gasteiger partial charge in [0.15, 0.2) is 0 Å². The molecule has 0 bridgehead atoms. The van der Waals surface area contributed by atoms with Crippen molar-refractivity contribution in [3.8, 4) is 0 Å². The first kappa shape index (κ1) is 48.1. The average Bonchev–Trinajstić information content (AvgIpc) is 2.76. The van der Waals surface area contributed by atoms with Crippen molar-refractivity contribution in [1.82, 2.24) is 0 Å². The number of quaternary nitrogens is 2. The second kappa shape index (κ2) is 22.7. The maximum absolute atomic E-state index is 12.0. The third-order valence-electron chi connectivity index (χ3n) is 5.61. The molecule has 0 spiro atoms. The highest BCUT2D eigenvalue weighted by atomic mass is 32.3. The summed E-state index contributed by atoms with van der Waals surface area (Å²) in [5, 5.41) is 0. The van der Waals surface area contributed by atoms with E-state index in [4.69, 9.17) is 17.5 Å². The lowest BCUT2D eigenvalue weighted by molar-refractivity contribution is -0.870. The molecule has 260 valence electrons. The molecule has 0 radical (unpaired) electrons. The van der Waals surface area contributed by atoms with Gasteiger partial charge in [-0.1, -0.05) is 65.2 Å². The fraction of sp³-hybridized carbons (Fsp3) is 1.00. The second-order valence-electron chi connectivity index (χ2n) is 12.4. The molecule has 0 fully saturated rings. The fourth-order valence-corrected chi connectivity index (χ4v) is 3.16. The molecule has 0 aromatic heterocycles. The molecule has 0 unspecified atom stereocenters. The van der Waals surface area contributed by atoms with Crippen LogP contribution in [0.4, 0.5) is 35.1 Å². The molecule has 0 aliphatic carbocycles. The van der Waals surface area contributed by atoms with Crippen LogP contribution in [0, 0.1) is 0 Å². The summed E-state index contributed by atoms with van der Waals surface area (Å²) in [7, 11) is 8.45. The van der Waals surface area contributed by atoms with Gasteiger partial charge in [0.1, 0.15) is 0 Å². The minimum Gasteiger partial charge on any atom is -0.759 e. The van der Waals surface area contributed by atoms with Gasteiger partial charge < -0.3 is 18.1 Å². The van der Waals surface area contributed by atoms with Crippen LogP contribution < -0.4 is 0 Å². The van der Waals surface area contributed by atoms with Gasteiger partial charge in [0.2, 0.25) is 0 Å². The lowest BCUT2D eigenvalue weighted by Crippen LogP contribution is -2.56. The molecule has 42 heavy (non-hydrogen) atoms. The highest BCUT2D eigenvalue weighted by Crippen LogP contribution is 2.48. The van der Waals surface area contributed by atoms with E-state index in [1.54, 1.807) is 0 Å². The molecular weight excluding hydrogens is 600 g/mol. The Bertz CT molecular complexity index is 704. The Morgan fingerprint density at radius 1 is 0.595 bits per heavy atom. The maximum Gasteiger partial charge on any atom is 0.377 e. The van der Waals surface area contributed by atoms with Gasteiger partial charge in [-0.15, -0.1) is 0 Å². The minimum absolute atomic E-state index is 0.552. The van der Waals surface area contributed by atoms with Crippen LogP contribution in [-0.4, -0.2) is 106 Å². The molecule has 0 aromatic rings. The van der Waals surface area contributed by atoms with Gasteiger partial charge >= 0.3 is 24.2 Å². The first-order chi connectivity index (χ1) is 18.6. The minimum atomic E-state index is -6.06. The van der Waals surface area contributed by atoms with Gasteiger partial charge in [-0.05, 0) is 25.7 Å². The second-order valence-corrected chi connectivity index (χ2v) is 13.2. The first-order valence-corrected chi connectivity index (χ1v) is 15.6. The highest BCUT2D eigenvalue weighted by Gasteiger charge is 2.73. The molecule has 0 atom stereocenters. The topological polar surface area (TPSA) is 80.3 Å². The van der Waals surface area contributed by atoms with E-state index in [0.717, 1.165) is 8.97 Å². The lowest BCUT2D eigenvalue weighted by atomic mass is 10.1. The molecule has 0 saturated heterocycles. The van der Waals surface area contributed by atoms with Crippen molar-refractivity contribution in [3.63, 3.8) is 0 Å². The van der Waals surface area contributed by atoms with E-state index in [1.807, 2.05) is 0 Å². The molecule has 0 saturated carbocycles. The molecule has 0 N–H and O–H groups in total. The van der Waals surface area contributed by atoms with Crippen molar-refractivity contribution in [2.75, 3.05) is 55.4 Å². The number of hydrogen-bond acceptors (Lipinski definition) is 4. The van der Waals surface area contributed by atoms with Crippen LogP contribution in [0.15, 0.2) is 0 Å². The molecule has 0 aliphatic heterocycles. The van der Waals surface area contributed by atoms with Gasteiger partial charge in [0.25, 0.3) is 0 Å². The van der Waals surface area contributed by atoms with Crippen LogP contribution in [0.3, 0.4) is 0 Å². The third kappa shape index (κ3) is 33.7. The van der Waals surface area contributed by atoms with Gasteiger partial charge in [0, 0.05) is 17.3 Å². The van der Waals surface area contributed by atoms with E-state index >= 15 is 0 Å². The summed E-state index contributed by atoms with van der Waals surface area (Å²) in [6.07, 6.45) is 12.1. The van der Waals surface area contributed by atoms with Crippen molar-refractivity contribution in [3.05, 3.63) is 0 Å². The van der Waals surface area contributed by atoms with E-state index in [1.165, 1.54) is 90.1 Å². The zero-order valence-electron chi connectivity index (χ0n) is 26.9. The Morgan fingerprint density at radius 2 is 0.833 bits per heavy atom. The average molecular weight is 657 g/mol. The summed E-state index contributed by atoms with van der Waals surface area (Å²) >= 11 is 0. The summed E-state index contributed by atoms with van der Waals surface area (Å²) < 4.78 is 130. The largest absolute Gasteiger partial charge is 0.759 e. The van der Waals surface area contributed by atoms with E-state index in [2.05, 4.69) is 56.1 Å². The molecular formula is C27H56F8N2O4S. The Kier molecular flexibility index (Phi) is 26.0. The highest BCUT2D eigenvalue weighted by molar-refractivity contribution is 7.79. The number of hydrogen-bond donors (Lipinski definition) is 0. The van der Waals surface area contributed by atoms with Crippen LogP contribution in [0.5, 0.6) is 0 Å². The quantitative estimate of drug-likeness (QED) is 0.0524. The number of nitrogens with zero attached hydrogens (tertiary/aromatic N) is 2. The zero-order valence-corrected chi connectivity index (χ0v) is 27.8. The molecule has 0 rings (SSSR count). The predicted octanol–water partition coefficient (Wildman–Crippen LogP) is 7.95. The van der Waals surface area contributed by atoms with Crippen molar-refractivity contribution < 1.29 is 61.6 Å². The van der Waals surface area contributed by atoms with Crippen LogP contribution in [-0.2, 0) is 10.4 Å². The Hall–Kier alpha value is -0.770. The number of rotatable bonds is 17. The molecule has 0 aromatic carbocycles. The van der Waals surface area contributed by atoms with Crippen LogP contribution in [0.2, 0.25) is 0 Å². The standard InChI is InChI=1S/2C11H26N.C5H4F8.H2O4S/c2*1-5-6-7-8-9-10-11-12(2,3)4;1-3(8,9)5(12,13)4(10,11)2(6)7;1-5(2,3)4/h2*5-11H2,1-4H3;2H,1H3;(H2,1,2,3,4)/q2*+1;;/p-2. The van der Waals surface area contributed by atoms with Crippen molar-refractivity contribution in [1.29, 1.82) is 0 Å². The third-order valence-corrected chi connectivity index (χ3v) is 5.61. The predicted molar refractivity (Wildman–Crippen MR) is 150 cm³/mol. The van der Waals surface area contributed by atoms with E-state index in [0.29, 0.717) is 0 Å². The van der Waals surface area contributed by atoms with Crippen LogP contribution >= 0.6 is 0 Å². The SMILES string of the molecule is CC(F)(F)C(F)(F)C(F)(F)C(F)F.CCCCCCCC[N+](C)(C)C.CCCCCCCC[N+](C)(C)C.O=S(=O)([O-])[O-]. The normalized spacial score (nSPS) is 13.0. The van der Waals surface area contributed by atoms with Gasteiger partial charge in [-0.2, -0.15) is 26.3 Å². The molecule has 15 heteroatoms. The van der Waals surface area contributed by atoms with Crippen molar-refractivity contribution in [2.24, 2.45) is 0 Å². The summed E-state index contributed by atoms with van der Waals surface area (Å²) in [5.74, 6) is -17.3. The maximum atomic E-state index is 12.0. The van der Waals surface area contributed by atoms with Gasteiger partial charge in [0.05, 0.1) is 55.4 Å². The van der Waals surface area contributed by atoms with Crippen molar-refractivity contribution >= 4 is 10.4 Å². The van der Waals surface area contributed by atoms with Crippen LogP contribution in [0.1, 0.15) is 97.8 Å². The molecule has 0 heterocycles. The molecule has 0 amide bonds. The summed E-state index contributed by atoms with van der Waals surface area (Å²) in [6.45, 7) is 6.64. The van der Waals surface area contributed by atoms with Gasteiger partial charge in [-0.25, -0.2) is 8.78 Å². The van der Waals surface area contributed by atoms with E-state index in [-0.39, 0.29) is 0 Å². The van der Waals surface area contributed by atoms with Gasteiger partial charge in [-0.3, -0.25) is 8.42 Å². The monoisotopic (exact) mass is 656 g/mol. The number of unbranched alkanes of at least 4 members (excludes halogenated alkanes) is 10. The molecule has 6 nitrogen and oxygen atoms in total. The fourth-order valence-electron chi connectivity index (χ4n) is 3.16. The lowest BCUT2D eigenvalue weighted by Gasteiger charge is -2.29. The Morgan fingerprint density at radius 3 is 1.00 bits per heavy atom. The van der Waals surface area contributed by atoms with Crippen LogP contribution in [0.25, 0.3) is 0 Å². The summed E-state index contributed by atoms with van der Waals surface area (Å²) in [4.78, 5) is 0. The van der Waals surface area contributed by atoms with E-state index in [9.17, 15) is 35.1 Å². The summed E-state index contributed by atoms with van der Waals surface area (Å²) in [6, 6.07) is 0. The smallest absolute Gasteiger partial charge is 0.377 e. The van der Waals surface area contributed by atoms with E-state index < -0.39 is 41.5 Å². The van der Waals surface area contributed by atoms with Crippen molar-refractivity contribution in [2.45, 2.75) is 122 Å². The first-order valence-electron chi connectivity index (χ1n) is 14.3. The Balaban J connectivity index is -0.000000238. The number of halogens is 8. The molecule has 0 aliphatic rings. The number of alkyl halides is 8. The zero-order chi connectivity index (χ0) is 34.5. The summed E-state index contributed by atoms with van der Waals surface area (Å²) in [5.41, 5.74) is 0.